The first-order valence-electron chi connectivity index (χ1n) is 8.91. The second-order valence-corrected chi connectivity index (χ2v) is 9.60. The van der Waals surface area contributed by atoms with Crippen LogP contribution in [0.5, 0.6) is 0 Å². The van der Waals surface area contributed by atoms with Gasteiger partial charge in [0.1, 0.15) is 5.82 Å². The first-order chi connectivity index (χ1) is 14.2. The fraction of sp³-hybridized carbons (Fsp3) is 0.263. The number of sulfone groups is 1. The topological polar surface area (TPSA) is 132 Å². The number of hydrogen-bond acceptors (Lipinski definition) is 7. The van der Waals surface area contributed by atoms with Crippen molar-refractivity contribution >= 4 is 32.3 Å². The van der Waals surface area contributed by atoms with Gasteiger partial charge in [-0.2, -0.15) is 5.26 Å². The van der Waals surface area contributed by atoms with Gasteiger partial charge in [-0.05, 0) is 24.6 Å². The average Bonchev–Trinajstić information content (AvgIpc) is 3.34. The molecule has 2 aromatic heterocycles. The van der Waals surface area contributed by atoms with Gasteiger partial charge in [-0.25, -0.2) is 23.2 Å². The molecular weight excluding hydrogens is 424 g/mol. The highest BCUT2D eigenvalue weighted by Crippen LogP contribution is 2.36. The highest BCUT2D eigenvalue weighted by Gasteiger charge is 2.20. The van der Waals surface area contributed by atoms with Crippen LogP contribution >= 0.6 is 11.3 Å². The number of anilines is 1. The Morgan fingerprint density at radius 2 is 2.17 bits per heavy atom. The molecule has 30 heavy (non-hydrogen) atoms. The fourth-order valence-corrected chi connectivity index (χ4v) is 4.64. The molecular formula is C19H20N6O3S2. The molecule has 11 heteroatoms. The molecule has 0 unspecified atom stereocenters. The van der Waals surface area contributed by atoms with Gasteiger partial charge in [0, 0.05) is 37.8 Å². The van der Waals surface area contributed by atoms with E-state index >= 15 is 0 Å². The van der Waals surface area contributed by atoms with E-state index in [9.17, 15) is 13.2 Å². The number of imidazole rings is 1. The summed E-state index contributed by atoms with van der Waals surface area (Å²) in [5, 5.41) is 11.8. The van der Waals surface area contributed by atoms with Crippen molar-refractivity contribution in [1.82, 2.24) is 19.9 Å². The Bertz CT molecular complexity index is 1210. The molecule has 3 aromatic rings. The fourth-order valence-electron chi connectivity index (χ4n) is 2.82. The zero-order valence-electron chi connectivity index (χ0n) is 16.6. The van der Waals surface area contributed by atoms with Gasteiger partial charge < -0.3 is 9.88 Å². The van der Waals surface area contributed by atoms with E-state index in [1.165, 1.54) is 16.2 Å². The molecule has 2 heterocycles. The van der Waals surface area contributed by atoms with Crippen molar-refractivity contribution in [3.8, 4) is 27.9 Å². The number of benzene rings is 1. The van der Waals surface area contributed by atoms with Crippen molar-refractivity contribution in [2.75, 3.05) is 25.2 Å². The van der Waals surface area contributed by atoms with Crippen LogP contribution in [0.1, 0.15) is 12.1 Å². The van der Waals surface area contributed by atoms with Crippen LogP contribution in [0.25, 0.3) is 21.8 Å². The first-order valence-corrected chi connectivity index (χ1v) is 11.6. The molecule has 0 saturated carbocycles. The van der Waals surface area contributed by atoms with Crippen LogP contribution in [0.15, 0.2) is 35.5 Å². The molecule has 1 aromatic carbocycles. The molecule has 0 fully saturated rings. The maximum Gasteiger partial charge on any atom is 0.323 e. The van der Waals surface area contributed by atoms with Gasteiger partial charge in [0.15, 0.2) is 15.0 Å². The Labute approximate surface area is 178 Å². The Morgan fingerprint density at radius 1 is 1.40 bits per heavy atom. The lowest BCUT2D eigenvalue weighted by Crippen LogP contribution is -2.31. The number of H-pyrrole nitrogens is 1. The van der Waals surface area contributed by atoms with Crippen molar-refractivity contribution in [3.05, 3.63) is 36.3 Å². The third-order valence-corrected chi connectivity index (χ3v) is 6.59. The van der Waals surface area contributed by atoms with E-state index in [2.05, 4.69) is 20.3 Å². The Kier molecular flexibility index (Phi) is 6.19. The lowest BCUT2D eigenvalue weighted by molar-refractivity contribution is 0.223. The third kappa shape index (κ3) is 4.67. The maximum absolute atomic E-state index is 12.2. The summed E-state index contributed by atoms with van der Waals surface area (Å²) in [5.41, 5.74) is 1.93. The summed E-state index contributed by atoms with van der Waals surface area (Å²) in [6, 6.07) is 6.66. The second-order valence-electron chi connectivity index (χ2n) is 6.61. The van der Waals surface area contributed by atoms with Crippen molar-refractivity contribution in [1.29, 1.82) is 5.26 Å². The summed E-state index contributed by atoms with van der Waals surface area (Å²) in [4.78, 5) is 26.2. The number of carbonyl (C=O) groups excluding carboxylic acids is 1. The van der Waals surface area contributed by atoms with E-state index in [1.54, 1.807) is 37.6 Å². The number of aryl methyl sites for hydroxylation is 1. The van der Waals surface area contributed by atoms with Crippen LogP contribution < -0.4 is 5.32 Å². The predicted molar refractivity (Wildman–Crippen MR) is 115 cm³/mol. The van der Waals surface area contributed by atoms with E-state index in [0.29, 0.717) is 28.8 Å². The number of nitrogens with zero attached hydrogens (tertiary/aromatic N) is 4. The lowest BCUT2D eigenvalue weighted by atomic mass is 10.1. The number of amides is 2. The molecule has 0 aliphatic rings. The number of thiazole rings is 1. The van der Waals surface area contributed by atoms with Crippen molar-refractivity contribution in [2.24, 2.45) is 0 Å². The highest BCUT2D eigenvalue weighted by molar-refractivity contribution is 7.90. The average molecular weight is 445 g/mol. The van der Waals surface area contributed by atoms with Gasteiger partial charge in [0.25, 0.3) is 0 Å². The monoisotopic (exact) mass is 444 g/mol. The third-order valence-electron chi connectivity index (χ3n) is 4.31. The number of nitrogens with one attached hydrogen (secondary N) is 2. The summed E-state index contributed by atoms with van der Waals surface area (Å²) in [6.45, 7) is 2.14. The second kappa shape index (κ2) is 8.64. The minimum Gasteiger partial charge on any atom is -0.345 e. The van der Waals surface area contributed by atoms with Gasteiger partial charge >= 0.3 is 6.03 Å². The molecule has 3 rings (SSSR count). The van der Waals surface area contributed by atoms with Crippen LogP contribution in [0.4, 0.5) is 9.93 Å². The van der Waals surface area contributed by atoms with Crippen LogP contribution in [0, 0.1) is 18.3 Å². The van der Waals surface area contributed by atoms with Gasteiger partial charge in [0.05, 0.1) is 28.0 Å². The van der Waals surface area contributed by atoms with Crippen molar-refractivity contribution < 1.29 is 13.2 Å². The molecule has 2 N–H and O–H groups in total. The summed E-state index contributed by atoms with van der Waals surface area (Å²) >= 11 is 1.29. The van der Waals surface area contributed by atoms with E-state index < -0.39 is 9.84 Å². The smallest absolute Gasteiger partial charge is 0.323 e. The first kappa shape index (κ1) is 21.5. The molecule has 0 atom stereocenters. The Balaban J connectivity index is 1.94. The van der Waals surface area contributed by atoms with Crippen LogP contribution in [0.3, 0.4) is 0 Å². The normalized spacial score (nSPS) is 11.1. The molecule has 0 aliphatic carbocycles. The quantitative estimate of drug-likeness (QED) is 0.600. The van der Waals surface area contributed by atoms with E-state index in [1.807, 2.05) is 13.0 Å². The van der Waals surface area contributed by atoms with Crippen LogP contribution in [0.2, 0.25) is 0 Å². The maximum atomic E-state index is 12.2. The van der Waals surface area contributed by atoms with E-state index in [4.69, 9.17) is 5.26 Å². The van der Waals surface area contributed by atoms with Gasteiger partial charge in [0.2, 0.25) is 0 Å². The summed E-state index contributed by atoms with van der Waals surface area (Å²) in [5.74, 6) is 0.451. The molecule has 0 spiro atoms. The zero-order valence-corrected chi connectivity index (χ0v) is 18.3. The summed E-state index contributed by atoms with van der Waals surface area (Å²) in [7, 11) is -1.85. The van der Waals surface area contributed by atoms with Gasteiger partial charge in [-0.15, -0.1) is 0 Å². The minimum atomic E-state index is -3.45. The van der Waals surface area contributed by atoms with E-state index in [-0.39, 0.29) is 17.3 Å². The standard InChI is InChI=1S/C19H20N6O3S2/c1-12-16(29-18(23-12)24-19(26)25(2)10-4-7-20)13-5-6-15(30(3,27)28)14(11-13)17-21-8-9-22-17/h5-6,8-9,11H,4,10H2,1-3H3,(H,21,22)(H,23,24,26). The molecule has 9 nitrogen and oxygen atoms in total. The highest BCUT2D eigenvalue weighted by atomic mass is 32.2. The number of aromatic nitrogens is 3. The number of carbonyl (C=O) groups is 1. The number of hydrogen-bond donors (Lipinski definition) is 2. The number of rotatable bonds is 6. The predicted octanol–water partition coefficient (Wildman–Crippen LogP) is 3.29. The zero-order chi connectivity index (χ0) is 21.9. The van der Waals surface area contributed by atoms with Crippen LogP contribution in [-0.4, -0.2) is 54.1 Å². The number of nitriles is 1. The molecule has 0 aliphatic heterocycles. The van der Waals surface area contributed by atoms with Crippen molar-refractivity contribution in [2.45, 2.75) is 18.2 Å². The molecule has 0 bridgehead atoms. The van der Waals surface area contributed by atoms with Gasteiger partial charge in [-0.3, -0.25) is 5.32 Å². The Hall–Kier alpha value is -3.23. The number of urea groups is 1. The lowest BCUT2D eigenvalue weighted by Gasteiger charge is -2.14. The molecule has 156 valence electrons. The largest absolute Gasteiger partial charge is 0.345 e. The SMILES string of the molecule is Cc1nc(NC(=O)N(C)CCC#N)sc1-c1ccc(S(C)(=O)=O)c(-c2ncc[nH]2)c1. The molecule has 2 amide bonds. The van der Waals surface area contributed by atoms with Gasteiger partial charge in [-0.1, -0.05) is 17.4 Å². The van der Waals surface area contributed by atoms with Crippen molar-refractivity contribution in [3.63, 3.8) is 0 Å². The summed E-state index contributed by atoms with van der Waals surface area (Å²) in [6.07, 6.45) is 4.59. The molecule has 0 saturated heterocycles. The number of aromatic amines is 1. The Morgan fingerprint density at radius 3 is 2.80 bits per heavy atom. The summed E-state index contributed by atoms with van der Waals surface area (Å²) < 4.78 is 24.4. The minimum absolute atomic E-state index is 0.177. The molecule has 0 radical (unpaired) electrons. The van der Waals surface area contributed by atoms with Crippen LogP contribution in [-0.2, 0) is 9.84 Å². The van der Waals surface area contributed by atoms with E-state index in [0.717, 1.165) is 16.7 Å².